The van der Waals surface area contributed by atoms with Crippen LogP contribution in [-0.2, 0) is 0 Å². The molecule has 0 aromatic heterocycles. The molecule has 1 saturated carbocycles. The number of nitrogen functional groups attached to an aromatic ring is 1. The van der Waals surface area contributed by atoms with E-state index in [0.717, 1.165) is 32.8 Å². The molecule has 0 spiro atoms. The number of phenolic OH excluding ortho intramolecular Hbond substituents is 1. The van der Waals surface area contributed by atoms with E-state index in [9.17, 15) is 10.2 Å². The molecule has 0 saturated heterocycles. The first kappa shape index (κ1) is 87.5. The maximum absolute atomic E-state index is 9.45. The summed E-state index contributed by atoms with van der Waals surface area (Å²) >= 11 is 4.31. The standard InChI is InChI=1S/4C9H12.C8H11N.C8H16O.C8H10O.C8H10S.C8H12.2C6H12/c4*1-7-5-4-6-8(2)9(7)3;4*1-6-4-3-5-7(2)8(6)9;1-6-4-5-7(2)8(6)3;2*1-4-6(3)5-2/h4*4-6H,1-3H3;3-5H,9H2,1-2H3;6-9H,3-5H2,1-2H3;2*3-5,9H,1-2H3;4-5,8H,1-3H3;2*4H,5H2,1-3H3. The third-order valence-electron chi connectivity index (χ3n) is 18.5. The quantitative estimate of drug-likeness (QED) is 0.0792. The summed E-state index contributed by atoms with van der Waals surface area (Å²) in [7, 11) is 0. The number of allylic oxidation sites excluding steroid dienone is 8. The summed E-state index contributed by atoms with van der Waals surface area (Å²) in [6, 6.07) is 43.4. The van der Waals surface area contributed by atoms with Gasteiger partial charge in [0.25, 0.3) is 0 Å². The van der Waals surface area contributed by atoms with Crippen molar-refractivity contribution >= 4 is 18.3 Å². The lowest BCUT2D eigenvalue weighted by Crippen LogP contribution is -2.29. The number of aromatic hydroxyl groups is 1. The minimum atomic E-state index is -0.0289. The first-order valence-corrected chi connectivity index (χ1v) is 34.2. The van der Waals surface area contributed by atoms with Gasteiger partial charge in [0.1, 0.15) is 5.75 Å². The fourth-order valence-electron chi connectivity index (χ4n) is 9.01. The lowest BCUT2D eigenvalue weighted by atomic mass is 9.81. The number of aliphatic hydroxyl groups is 1. The summed E-state index contributed by atoms with van der Waals surface area (Å²) in [5, 5.41) is 18.7. The van der Waals surface area contributed by atoms with Crippen LogP contribution < -0.4 is 5.73 Å². The Labute approximate surface area is 572 Å². The van der Waals surface area contributed by atoms with Crippen LogP contribution in [0.25, 0.3) is 0 Å². The zero-order valence-electron chi connectivity index (χ0n) is 63.7. The molecule has 7 aromatic carbocycles. The summed E-state index contributed by atoms with van der Waals surface area (Å²) < 4.78 is 0. The molecule has 0 radical (unpaired) electrons. The van der Waals surface area contributed by atoms with Gasteiger partial charge in [0.2, 0.25) is 0 Å². The SMILES string of the molecule is CC1=CC=C(C)C1C.CC1CCCC(C)C1O.CC=C(C)CC.CC=C(C)CC.Cc1cccc(C)c1C.Cc1cccc(C)c1C.Cc1cccc(C)c1C.Cc1cccc(C)c1C.Cc1cccc(C)c1N.Cc1cccc(C)c1O.Cc1cccc(C)c1S. The number of hydrogen-bond acceptors (Lipinski definition) is 4. The zero-order valence-corrected chi connectivity index (χ0v) is 64.6. The summed E-state index contributed by atoms with van der Waals surface area (Å²) in [5.74, 6) is 2.19. The molecule has 9 rings (SSSR count). The number of hydrogen-bond donors (Lipinski definition) is 4. The maximum Gasteiger partial charge on any atom is 0.121 e. The molecule has 2 aliphatic rings. The maximum atomic E-state index is 9.45. The monoisotopic (exact) mass is 1270 g/mol. The molecule has 92 heavy (non-hydrogen) atoms. The number of benzene rings is 7. The number of nitrogens with two attached hydrogens (primary N) is 1. The highest BCUT2D eigenvalue weighted by Crippen LogP contribution is 2.29. The topological polar surface area (TPSA) is 66.5 Å². The van der Waals surface area contributed by atoms with E-state index in [1.165, 1.54) is 132 Å². The summed E-state index contributed by atoms with van der Waals surface area (Å²) in [4.78, 5) is 1.11. The number of rotatable bonds is 2. The van der Waals surface area contributed by atoms with Crippen LogP contribution in [0.5, 0.6) is 5.75 Å². The van der Waals surface area contributed by atoms with Crippen molar-refractivity contribution in [1.29, 1.82) is 0 Å². The Morgan fingerprint density at radius 3 is 0.761 bits per heavy atom. The first-order valence-electron chi connectivity index (χ1n) is 33.8. The fourth-order valence-corrected chi connectivity index (χ4v) is 9.16. The summed E-state index contributed by atoms with van der Waals surface area (Å²) in [6.07, 6.45) is 14.8. The molecule has 7 aromatic rings. The van der Waals surface area contributed by atoms with Crippen LogP contribution in [0.4, 0.5) is 5.69 Å². The van der Waals surface area contributed by atoms with E-state index >= 15 is 0 Å². The minimum Gasteiger partial charge on any atom is -0.507 e. The molecule has 0 bridgehead atoms. The summed E-state index contributed by atoms with van der Waals surface area (Å²) in [5.41, 5.74) is 35.9. The molecule has 1 fully saturated rings. The highest BCUT2D eigenvalue weighted by atomic mass is 32.1. The van der Waals surface area contributed by atoms with E-state index in [-0.39, 0.29) is 6.10 Å². The molecule has 2 atom stereocenters. The lowest BCUT2D eigenvalue weighted by Gasteiger charge is -2.29. The van der Waals surface area contributed by atoms with E-state index in [2.05, 4.69) is 295 Å². The largest absolute Gasteiger partial charge is 0.507 e. The van der Waals surface area contributed by atoms with Gasteiger partial charge in [-0.15, -0.1) is 12.6 Å². The Hall–Kier alpha value is -6.59. The van der Waals surface area contributed by atoms with Gasteiger partial charge in [0.15, 0.2) is 0 Å². The molecular weight excluding hydrogens is 1140 g/mol. The number of aryl methyl sites for hydroxylation is 14. The molecule has 4 heteroatoms. The van der Waals surface area contributed by atoms with Crippen LogP contribution in [0.3, 0.4) is 0 Å². The van der Waals surface area contributed by atoms with Crippen LogP contribution in [0.15, 0.2) is 179 Å². The van der Waals surface area contributed by atoms with Gasteiger partial charge in [0.05, 0.1) is 6.10 Å². The van der Waals surface area contributed by atoms with Crippen molar-refractivity contribution in [3.63, 3.8) is 0 Å². The second-order valence-electron chi connectivity index (χ2n) is 25.7. The van der Waals surface area contributed by atoms with Gasteiger partial charge in [-0.2, -0.15) is 0 Å². The predicted octanol–water partition coefficient (Wildman–Crippen LogP) is 26.0. The number of anilines is 1. The van der Waals surface area contributed by atoms with Crippen molar-refractivity contribution in [1.82, 2.24) is 0 Å². The highest BCUT2D eigenvalue weighted by molar-refractivity contribution is 7.80. The molecule has 3 nitrogen and oxygen atoms in total. The van der Waals surface area contributed by atoms with Gasteiger partial charge in [-0.05, 0) is 310 Å². The molecule has 4 N–H and O–H groups in total. The zero-order chi connectivity index (χ0) is 71.0. The molecular formula is C88H131NO2S. The number of aliphatic hydroxyl groups excluding tert-OH is 1. The van der Waals surface area contributed by atoms with Gasteiger partial charge < -0.3 is 15.9 Å². The van der Waals surface area contributed by atoms with E-state index < -0.39 is 0 Å². The second-order valence-corrected chi connectivity index (χ2v) is 26.2. The Balaban J connectivity index is 0. The Kier molecular flexibility index (Phi) is 45.8. The Morgan fingerprint density at radius 1 is 0.402 bits per heavy atom. The lowest BCUT2D eigenvalue weighted by molar-refractivity contribution is 0.0334. The second kappa shape index (κ2) is 48.2. The Morgan fingerprint density at radius 2 is 0.620 bits per heavy atom. The molecule has 2 unspecified atom stereocenters. The van der Waals surface area contributed by atoms with E-state index in [1.54, 1.807) is 0 Å². The van der Waals surface area contributed by atoms with Crippen LogP contribution in [0.1, 0.15) is 208 Å². The molecule has 0 amide bonds. The van der Waals surface area contributed by atoms with Crippen molar-refractivity contribution < 1.29 is 10.2 Å². The van der Waals surface area contributed by atoms with E-state index in [0.29, 0.717) is 23.5 Å². The highest BCUT2D eigenvalue weighted by Gasteiger charge is 2.24. The van der Waals surface area contributed by atoms with Crippen molar-refractivity contribution in [2.24, 2.45) is 17.8 Å². The fraction of sp³-hybridized carbons (Fsp3) is 0.432. The predicted molar refractivity (Wildman–Crippen MR) is 418 cm³/mol. The number of thiol groups is 1. The van der Waals surface area contributed by atoms with Crippen molar-refractivity contribution in [2.75, 3.05) is 5.73 Å². The number of para-hydroxylation sites is 2. The molecule has 0 heterocycles. The van der Waals surface area contributed by atoms with Crippen LogP contribution in [0, 0.1) is 142 Å². The number of phenols is 1. The first-order chi connectivity index (χ1) is 43.1. The van der Waals surface area contributed by atoms with Gasteiger partial charge in [-0.3, -0.25) is 0 Å². The minimum absolute atomic E-state index is 0.0289. The van der Waals surface area contributed by atoms with Gasteiger partial charge in [-0.25, -0.2) is 0 Å². The molecule has 506 valence electrons. The average Bonchev–Trinajstić information content (AvgIpc) is 4.05. The van der Waals surface area contributed by atoms with Crippen LogP contribution >= 0.6 is 12.6 Å². The smallest absolute Gasteiger partial charge is 0.121 e. The summed E-state index contributed by atoms with van der Waals surface area (Å²) in [6.45, 7) is 61.3. The third-order valence-corrected chi connectivity index (χ3v) is 19.2. The van der Waals surface area contributed by atoms with Gasteiger partial charge in [-0.1, -0.05) is 215 Å². The third kappa shape index (κ3) is 35.4. The van der Waals surface area contributed by atoms with Crippen LogP contribution in [0.2, 0.25) is 0 Å². The van der Waals surface area contributed by atoms with Gasteiger partial charge >= 0.3 is 0 Å². The van der Waals surface area contributed by atoms with Crippen molar-refractivity contribution in [3.8, 4) is 5.75 Å². The van der Waals surface area contributed by atoms with E-state index in [4.69, 9.17) is 5.73 Å². The van der Waals surface area contributed by atoms with Gasteiger partial charge in [0, 0.05) is 10.6 Å². The van der Waals surface area contributed by atoms with E-state index in [1.807, 2.05) is 70.2 Å². The van der Waals surface area contributed by atoms with Crippen molar-refractivity contribution in [3.05, 3.63) is 274 Å². The van der Waals surface area contributed by atoms with Crippen LogP contribution in [-0.4, -0.2) is 16.3 Å². The molecule has 0 aliphatic heterocycles. The Bertz CT molecular complexity index is 2670. The normalized spacial score (nSPS) is 14.4. The molecule has 2 aliphatic carbocycles. The average molecular weight is 1270 g/mol. The van der Waals surface area contributed by atoms with Crippen molar-refractivity contribution in [2.45, 2.75) is 244 Å².